The van der Waals surface area contributed by atoms with Crippen LogP contribution in [0.25, 0.3) is 0 Å². The Kier molecular flexibility index (Phi) is 4.95. The number of aromatic hydroxyl groups is 1. The van der Waals surface area contributed by atoms with Crippen LogP contribution < -0.4 is 20.7 Å². The van der Waals surface area contributed by atoms with E-state index in [1.807, 2.05) is 0 Å². The van der Waals surface area contributed by atoms with E-state index < -0.39 is 23.2 Å². The lowest BCUT2D eigenvalue weighted by Gasteiger charge is -2.22. The molecule has 2 aromatic rings. The summed E-state index contributed by atoms with van der Waals surface area (Å²) in [6.07, 6.45) is 0.137. The van der Waals surface area contributed by atoms with E-state index in [1.54, 1.807) is 18.2 Å². The van der Waals surface area contributed by atoms with Crippen molar-refractivity contribution in [3.05, 3.63) is 50.2 Å². The molecule has 0 aliphatic carbocycles. The van der Waals surface area contributed by atoms with Crippen molar-refractivity contribution in [1.29, 1.82) is 0 Å². The van der Waals surface area contributed by atoms with Gasteiger partial charge in [-0.1, -0.05) is 0 Å². The van der Waals surface area contributed by atoms with Gasteiger partial charge in [-0.3, -0.25) is 19.1 Å². The van der Waals surface area contributed by atoms with Crippen LogP contribution in [-0.4, -0.2) is 45.5 Å². The number of amides is 1. The van der Waals surface area contributed by atoms with Gasteiger partial charge in [0.15, 0.2) is 0 Å². The Labute approximate surface area is 159 Å². The normalized spacial score (nSPS) is 16.1. The molecule has 0 spiro atoms. The molecule has 148 valence electrons. The van der Waals surface area contributed by atoms with Gasteiger partial charge in [0.2, 0.25) is 11.8 Å². The molecule has 0 saturated carbocycles. The maximum atomic E-state index is 12.3. The Morgan fingerprint density at radius 3 is 2.61 bits per heavy atom. The average molecular weight is 388 g/mol. The van der Waals surface area contributed by atoms with Crippen LogP contribution in [0, 0.1) is 0 Å². The molecular formula is C18H20N4O6. The van der Waals surface area contributed by atoms with Gasteiger partial charge in [0.1, 0.15) is 17.1 Å². The van der Waals surface area contributed by atoms with Gasteiger partial charge in [0, 0.05) is 26.0 Å². The number of hydrazone groups is 1. The highest BCUT2D eigenvalue weighted by molar-refractivity contribution is 6.04. The molecule has 2 N–H and O–H groups in total. The molecule has 0 fully saturated rings. The van der Waals surface area contributed by atoms with E-state index in [4.69, 9.17) is 9.47 Å². The summed E-state index contributed by atoms with van der Waals surface area (Å²) in [5, 5.41) is 15.8. The van der Waals surface area contributed by atoms with Gasteiger partial charge in [-0.2, -0.15) is 5.10 Å². The van der Waals surface area contributed by atoms with E-state index in [-0.39, 0.29) is 23.6 Å². The van der Waals surface area contributed by atoms with Crippen LogP contribution in [-0.2, 0) is 11.8 Å². The molecule has 10 heteroatoms. The molecule has 1 atom stereocenters. The second kappa shape index (κ2) is 7.22. The van der Waals surface area contributed by atoms with E-state index in [1.165, 1.54) is 33.2 Å². The third-order valence-corrected chi connectivity index (χ3v) is 4.61. The number of hydrogen-bond donors (Lipinski definition) is 2. The average Bonchev–Trinajstić information content (AvgIpc) is 3.10. The van der Waals surface area contributed by atoms with Crippen LogP contribution in [0.4, 0.5) is 0 Å². The Balaban J connectivity index is 2.13. The Morgan fingerprint density at radius 2 is 2.00 bits per heavy atom. The number of ether oxygens (including phenoxy) is 2. The fraction of sp³-hybridized carbons (Fsp3) is 0.333. The minimum absolute atomic E-state index is 0.137. The summed E-state index contributed by atoms with van der Waals surface area (Å²) < 4.78 is 11.6. The summed E-state index contributed by atoms with van der Waals surface area (Å²) >= 11 is 0. The fourth-order valence-electron chi connectivity index (χ4n) is 3.16. The lowest BCUT2D eigenvalue weighted by molar-refractivity contribution is -0.130. The monoisotopic (exact) mass is 388 g/mol. The number of carbonyl (C=O) groups is 1. The summed E-state index contributed by atoms with van der Waals surface area (Å²) in [6.45, 7) is 1.34. The van der Waals surface area contributed by atoms with Crippen molar-refractivity contribution in [1.82, 2.24) is 14.6 Å². The van der Waals surface area contributed by atoms with E-state index in [0.29, 0.717) is 17.1 Å². The maximum Gasteiger partial charge on any atom is 0.330 e. The predicted molar refractivity (Wildman–Crippen MR) is 99.9 cm³/mol. The number of benzene rings is 1. The highest BCUT2D eigenvalue weighted by atomic mass is 16.5. The highest BCUT2D eigenvalue weighted by Crippen LogP contribution is 2.39. The third kappa shape index (κ3) is 3.13. The molecule has 1 aliphatic heterocycles. The molecule has 10 nitrogen and oxygen atoms in total. The number of nitrogens with one attached hydrogen (secondary N) is 1. The number of H-pyrrole nitrogens is 1. The lowest BCUT2D eigenvalue weighted by Crippen LogP contribution is -2.32. The van der Waals surface area contributed by atoms with Gasteiger partial charge in [0.25, 0.3) is 5.56 Å². The number of nitrogens with zero attached hydrogens (tertiary/aromatic N) is 3. The molecule has 1 aromatic carbocycles. The molecule has 1 aromatic heterocycles. The standard InChI is InChI=1S/C18H20N4O6/c1-9(23)22-13(11-7-10(27-3)5-6-14(11)28-4)8-12(20-22)15-16(24)19-18(26)21(2)17(15)25/h5-7,13,25H,8H2,1-4H3,(H,19,24,26). The van der Waals surface area contributed by atoms with Crippen molar-refractivity contribution in [2.45, 2.75) is 19.4 Å². The van der Waals surface area contributed by atoms with Gasteiger partial charge in [-0.15, -0.1) is 0 Å². The number of aromatic nitrogens is 2. The minimum atomic E-state index is -0.777. The van der Waals surface area contributed by atoms with E-state index >= 15 is 0 Å². The Bertz CT molecular complexity index is 1080. The Hall–Kier alpha value is -3.56. The molecular weight excluding hydrogens is 368 g/mol. The van der Waals surface area contributed by atoms with Crippen molar-refractivity contribution in [3.63, 3.8) is 0 Å². The molecule has 0 saturated heterocycles. The quantitative estimate of drug-likeness (QED) is 0.785. The van der Waals surface area contributed by atoms with Crippen molar-refractivity contribution < 1.29 is 19.4 Å². The van der Waals surface area contributed by atoms with Crippen molar-refractivity contribution >= 4 is 11.6 Å². The predicted octanol–water partition coefficient (Wildman–Crippen LogP) is 0.494. The zero-order valence-corrected chi connectivity index (χ0v) is 15.8. The zero-order valence-electron chi connectivity index (χ0n) is 15.8. The fourth-order valence-corrected chi connectivity index (χ4v) is 3.16. The molecule has 0 radical (unpaired) electrons. The number of carbonyl (C=O) groups excluding carboxylic acids is 1. The summed E-state index contributed by atoms with van der Waals surface area (Å²) in [5.74, 6) is 0.211. The molecule has 28 heavy (non-hydrogen) atoms. The summed E-state index contributed by atoms with van der Waals surface area (Å²) in [7, 11) is 4.34. The first-order valence-electron chi connectivity index (χ1n) is 8.40. The lowest BCUT2D eigenvalue weighted by atomic mass is 9.98. The number of rotatable bonds is 4. The van der Waals surface area contributed by atoms with E-state index in [0.717, 1.165) is 4.57 Å². The SMILES string of the molecule is COc1ccc(OC)c(C2CC(c3c(O)n(C)c(=O)[nH]c3=O)=NN2C(C)=O)c1. The molecule has 3 rings (SSSR count). The smallest absolute Gasteiger partial charge is 0.330 e. The van der Waals surface area contributed by atoms with Gasteiger partial charge < -0.3 is 14.6 Å². The van der Waals surface area contributed by atoms with Crippen LogP contribution >= 0.6 is 0 Å². The topological polar surface area (TPSA) is 126 Å². The maximum absolute atomic E-state index is 12.3. The van der Waals surface area contributed by atoms with Crippen molar-refractivity contribution in [3.8, 4) is 17.4 Å². The summed E-state index contributed by atoms with van der Waals surface area (Å²) in [4.78, 5) is 38.3. The number of hydrogen-bond acceptors (Lipinski definition) is 7. The molecule has 0 bridgehead atoms. The Morgan fingerprint density at radius 1 is 1.29 bits per heavy atom. The second-order valence-corrected chi connectivity index (χ2v) is 6.25. The molecule has 1 aliphatic rings. The first-order valence-corrected chi connectivity index (χ1v) is 8.40. The molecule has 2 heterocycles. The number of aromatic amines is 1. The number of methoxy groups -OCH3 is 2. The van der Waals surface area contributed by atoms with Crippen molar-refractivity contribution in [2.75, 3.05) is 14.2 Å². The second-order valence-electron chi connectivity index (χ2n) is 6.25. The van der Waals surface area contributed by atoms with Gasteiger partial charge >= 0.3 is 5.69 Å². The van der Waals surface area contributed by atoms with Crippen LogP contribution in [0.3, 0.4) is 0 Å². The third-order valence-electron chi connectivity index (χ3n) is 4.61. The van der Waals surface area contributed by atoms with Crippen molar-refractivity contribution in [2.24, 2.45) is 12.1 Å². The summed E-state index contributed by atoms with van der Waals surface area (Å²) in [6, 6.07) is 4.58. The van der Waals surface area contributed by atoms with Crippen LogP contribution in [0.2, 0.25) is 0 Å². The van der Waals surface area contributed by atoms with Crippen LogP contribution in [0.15, 0.2) is 32.9 Å². The first-order chi connectivity index (χ1) is 13.3. The molecule has 1 unspecified atom stereocenters. The van der Waals surface area contributed by atoms with Crippen LogP contribution in [0.5, 0.6) is 17.4 Å². The first kappa shape index (κ1) is 19.2. The van der Waals surface area contributed by atoms with E-state index in [2.05, 4.69) is 10.1 Å². The van der Waals surface area contributed by atoms with Gasteiger partial charge in [-0.05, 0) is 18.2 Å². The van der Waals surface area contributed by atoms with Gasteiger partial charge in [-0.25, -0.2) is 9.80 Å². The highest BCUT2D eigenvalue weighted by Gasteiger charge is 2.36. The summed E-state index contributed by atoms with van der Waals surface area (Å²) in [5.41, 5.74) is -0.867. The molecule has 1 amide bonds. The zero-order chi connectivity index (χ0) is 20.6. The minimum Gasteiger partial charge on any atom is -0.497 e. The largest absolute Gasteiger partial charge is 0.497 e. The van der Waals surface area contributed by atoms with Crippen LogP contribution in [0.1, 0.15) is 30.5 Å². The van der Waals surface area contributed by atoms with Gasteiger partial charge in [0.05, 0.1) is 26.0 Å². The van der Waals surface area contributed by atoms with E-state index in [9.17, 15) is 19.5 Å².